The molecule has 82 valence electrons. The molecule has 1 nitrogen and oxygen atoms in total. The quantitative estimate of drug-likeness (QED) is 0.678. The molecule has 0 amide bonds. The number of hydrogen-bond donors (Lipinski definition) is 1. The molecular formula is C13H25N. The first kappa shape index (κ1) is 11.8. The normalized spacial score (nSPS) is 32.9. The molecule has 0 saturated heterocycles. The van der Waals surface area contributed by atoms with Crippen LogP contribution in [0.4, 0.5) is 0 Å². The number of hydrogen-bond acceptors (Lipinski definition) is 1. The third-order valence-corrected chi connectivity index (χ3v) is 3.39. The lowest BCUT2D eigenvalue weighted by atomic mass is 9.80. The number of nitrogens with one attached hydrogen (secondary N) is 1. The van der Waals surface area contributed by atoms with Crippen LogP contribution in [-0.2, 0) is 0 Å². The topological polar surface area (TPSA) is 12.0 Å². The average Bonchev–Trinajstić information content (AvgIpc) is 2.08. The van der Waals surface area contributed by atoms with Gasteiger partial charge in [-0.05, 0) is 51.0 Å². The molecule has 0 bridgehead atoms. The molecule has 1 saturated carbocycles. The lowest BCUT2D eigenvalue weighted by molar-refractivity contribution is 0.229. The standard InChI is InChI=1S/C13H25N/c1-10(2)7-8-14-13-6-5-11(3)9-12(13)4/h11-14H,1,5-9H2,2-4H3. The minimum atomic E-state index is 0.755. The van der Waals surface area contributed by atoms with Crippen LogP contribution in [0.5, 0.6) is 0 Å². The molecule has 1 fully saturated rings. The molecule has 0 aromatic heterocycles. The van der Waals surface area contributed by atoms with Crippen molar-refractivity contribution in [3.05, 3.63) is 12.2 Å². The Morgan fingerprint density at radius 1 is 1.36 bits per heavy atom. The zero-order chi connectivity index (χ0) is 10.6. The van der Waals surface area contributed by atoms with Crippen molar-refractivity contribution in [2.75, 3.05) is 6.54 Å². The highest BCUT2D eigenvalue weighted by Gasteiger charge is 2.24. The predicted octanol–water partition coefficient (Wildman–Crippen LogP) is 3.37. The fourth-order valence-electron chi connectivity index (χ4n) is 2.44. The van der Waals surface area contributed by atoms with E-state index in [-0.39, 0.29) is 0 Å². The second kappa shape index (κ2) is 5.55. The Kier molecular flexibility index (Phi) is 4.67. The van der Waals surface area contributed by atoms with E-state index < -0.39 is 0 Å². The van der Waals surface area contributed by atoms with Crippen LogP contribution in [-0.4, -0.2) is 12.6 Å². The summed E-state index contributed by atoms with van der Waals surface area (Å²) in [6.45, 7) is 11.9. The van der Waals surface area contributed by atoms with Gasteiger partial charge in [0.2, 0.25) is 0 Å². The third-order valence-electron chi connectivity index (χ3n) is 3.39. The summed E-state index contributed by atoms with van der Waals surface area (Å²) in [5, 5.41) is 3.66. The van der Waals surface area contributed by atoms with E-state index in [1.165, 1.54) is 24.8 Å². The SMILES string of the molecule is C=C(C)CCNC1CCC(C)CC1C. The van der Waals surface area contributed by atoms with Gasteiger partial charge < -0.3 is 5.32 Å². The molecule has 3 unspecified atom stereocenters. The lowest BCUT2D eigenvalue weighted by Crippen LogP contribution is -2.39. The molecule has 0 heterocycles. The molecule has 0 radical (unpaired) electrons. The van der Waals surface area contributed by atoms with E-state index in [0.29, 0.717) is 0 Å². The van der Waals surface area contributed by atoms with Gasteiger partial charge in [0.15, 0.2) is 0 Å². The van der Waals surface area contributed by atoms with Gasteiger partial charge in [0, 0.05) is 6.04 Å². The number of rotatable bonds is 4. The van der Waals surface area contributed by atoms with Crippen molar-refractivity contribution in [1.82, 2.24) is 5.32 Å². The van der Waals surface area contributed by atoms with E-state index in [0.717, 1.165) is 30.8 Å². The van der Waals surface area contributed by atoms with Crippen LogP contribution in [0, 0.1) is 11.8 Å². The molecule has 1 N–H and O–H groups in total. The lowest BCUT2D eigenvalue weighted by Gasteiger charge is -2.33. The van der Waals surface area contributed by atoms with Gasteiger partial charge in [0.25, 0.3) is 0 Å². The zero-order valence-corrected chi connectivity index (χ0v) is 9.97. The van der Waals surface area contributed by atoms with E-state index in [4.69, 9.17) is 0 Å². The second-order valence-corrected chi connectivity index (χ2v) is 5.16. The van der Waals surface area contributed by atoms with E-state index >= 15 is 0 Å². The zero-order valence-electron chi connectivity index (χ0n) is 9.97. The summed E-state index contributed by atoms with van der Waals surface area (Å²) < 4.78 is 0. The van der Waals surface area contributed by atoms with Crippen molar-refractivity contribution in [3.63, 3.8) is 0 Å². The second-order valence-electron chi connectivity index (χ2n) is 5.16. The largest absolute Gasteiger partial charge is 0.313 e. The van der Waals surface area contributed by atoms with E-state index in [1.54, 1.807) is 0 Å². The first-order valence-corrected chi connectivity index (χ1v) is 5.97. The minimum absolute atomic E-state index is 0.755. The van der Waals surface area contributed by atoms with Gasteiger partial charge in [-0.15, -0.1) is 6.58 Å². The third kappa shape index (κ3) is 3.83. The first-order valence-electron chi connectivity index (χ1n) is 5.97. The molecule has 0 aliphatic heterocycles. The van der Waals surface area contributed by atoms with Gasteiger partial charge in [0.05, 0.1) is 0 Å². The molecule has 1 aliphatic rings. The Morgan fingerprint density at radius 3 is 2.64 bits per heavy atom. The monoisotopic (exact) mass is 195 g/mol. The van der Waals surface area contributed by atoms with Crippen LogP contribution in [0.15, 0.2) is 12.2 Å². The van der Waals surface area contributed by atoms with Crippen LogP contribution < -0.4 is 5.32 Å². The Morgan fingerprint density at radius 2 is 2.07 bits per heavy atom. The molecule has 1 heteroatoms. The molecule has 0 aromatic rings. The molecule has 1 rings (SSSR count). The first-order chi connectivity index (χ1) is 6.59. The van der Waals surface area contributed by atoms with E-state index in [9.17, 15) is 0 Å². The maximum atomic E-state index is 3.93. The maximum Gasteiger partial charge on any atom is 0.00930 e. The van der Waals surface area contributed by atoms with Gasteiger partial charge in [-0.2, -0.15) is 0 Å². The van der Waals surface area contributed by atoms with Crippen molar-refractivity contribution >= 4 is 0 Å². The fraction of sp³-hybridized carbons (Fsp3) is 0.846. The Bertz CT molecular complexity index is 186. The molecule has 0 spiro atoms. The highest BCUT2D eigenvalue weighted by atomic mass is 14.9. The minimum Gasteiger partial charge on any atom is -0.313 e. The van der Waals surface area contributed by atoms with E-state index in [2.05, 4.69) is 32.7 Å². The highest BCUT2D eigenvalue weighted by molar-refractivity contribution is 4.89. The smallest absolute Gasteiger partial charge is 0.00930 e. The van der Waals surface area contributed by atoms with Crippen molar-refractivity contribution in [1.29, 1.82) is 0 Å². The van der Waals surface area contributed by atoms with Gasteiger partial charge in [0.1, 0.15) is 0 Å². The van der Waals surface area contributed by atoms with Crippen LogP contribution >= 0.6 is 0 Å². The van der Waals surface area contributed by atoms with Gasteiger partial charge >= 0.3 is 0 Å². The van der Waals surface area contributed by atoms with Crippen LogP contribution in [0.2, 0.25) is 0 Å². The van der Waals surface area contributed by atoms with Gasteiger partial charge in [-0.1, -0.05) is 19.4 Å². The van der Waals surface area contributed by atoms with Crippen molar-refractivity contribution in [3.8, 4) is 0 Å². The Balaban J connectivity index is 2.20. The summed E-state index contributed by atoms with van der Waals surface area (Å²) in [5.41, 5.74) is 1.29. The van der Waals surface area contributed by atoms with Crippen LogP contribution in [0.25, 0.3) is 0 Å². The molecule has 1 aliphatic carbocycles. The predicted molar refractivity (Wildman–Crippen MR) is 63.4 cm³/mol. The fourth-order valence-corrected chi connectivity index (χ4v) is 2.44. The molecular weight excluding hydrogens is 170 g/mol. The maximum absolute atomic E-state index is 3.93. The summed E-state index contributed by atoms with van der Waals surface area (Å²) in [6, 6.07) is 0.755. The summed E-state index contributed by atoms with van der Waals surface area (Å²) >= 11 is 0. The van der Waals surface area contributed by atoms with Crippen molar-refractivity contribution in [2.45, 2.75) is 52.5 Å². The van der Waals surface area contributed by atoms with Gasteiger partial charge in [-0.25, -0.2) is 0 Å². The molecule has 3 atom stereocenters. The van der Waals surface area contributed by atoms with Crippen LogP contribution in [0.1, 0.15) is 46.5 Å². The summed E-state index contributed by atoms with van der Waals surface area (Å²) in [6.07, 6.45) is 5.27. The summed E-state index contributed by atoms with van der Waals surface area (Å²) in [4.78, 5) is 0. The average molecular weight is 195 g/mol. The van der Waals surface area contributed by atoms with Crippen molar-refractivity contribution < 1.29 is 0 Å². The Labute approximate surface area is 89.0 Å². The molecule has 0 aromatic carbocycles. The Hall–Kier alpha value is -0.300. The summed E-state index contributed by atoms with van der Waals surface area (Å²) in [7, 11) is 0. The summed E-state index contributed by atoms with van der Waals surface area (Å²) in [5.74, 6) is 1.79. The van der Waals surface area contributed by atoms with Gasteiger partial charge in [-0.3, -0.25) is 0 Å². The van der Waals surface area contributed by atoms with E-state index in [1.807, 2.05) is 0 Å². The molecule has 14 heavy (non-hydrogen) atoms. The highest BCUT2D eigenvalue weighted by Crippen LogP contribution is 2.28. The van der Waals surface area contributed by atoms with Crippen molar-refractivity contribution in [2.24, 2.45) is 11.8 Å². The van der Waals surface area contributed by atoms with Crippen LogP contribution in [0.3, 0.4) is 0 Å².